The molecule has 0 unspecified atom stereocenters. The van der Waals surface area contributed by atoms with Crippen LogP contribution in [-0.2, 0) is 14.3 Å². The van der Waals surface area contributed by atoms with Gasteiger partial charge in [0.2, 0.25) is 6.79 Å². The molecule has 1 aromatic carbocycles. The Labute approximate surface area is 159 Å². The molecule has 1 N–H and O–H groups in total. The van der Waals surface area contributed by atoms with Crippen LogP contribution in [0.4, 0.5) is 0 Å². The highest BCUT2D eigenvalue weighted by molar-refractivity contribution is 5.95. The molecule has 3 aliphatic rings. The van der Waals surface area contributed by atoms with Crippen LogP contribution in [-0.4, -0.2) is 49.7 Å². The zero-order valence-electron chi connectivity index (χ0n) is 15.9. The van der Waals surface area contributed by atoms with Gasteiger partial charge in [-0.3, -0.25) is 4.79 Å². The van der Waals surface area contributed by atoms with Crippen molar-refractivity contribution in [2.24, 2.45) is 11.3 Å². The first-order valence-electron chi connectivity index (χ1n) is 9.27. The molecule has 2 aliphatic carbocycles. The number of benzene rings is 1. The lowest BCUT2D eigenvalue weighted by Crippen LogP contribution is -2.62. The van der Waals surface area contributed by atoms with Crippen LogP contribution in [0.2, 0.25) is 0 Å². The second kappa shape index (κ2) is 6.33. The van der Waals surface area contributed by atoms with Crippen LogP contribution in [0.3, 0.4) is 0 Å². The summed E-state index contributed by atoms with van der Waals surface area (Å²) in [5.41, 5.74) is -1.02. The molecule has 27 heavy (non-hydrogen) atoms. The van der Waals surface area contributed by atoms with Crippen molar-refractivity contribution in [3.63, 3.8) is 0 Å². The van der Waals surface area contributed by atoms with Crippen LogP contribution in [0.15, 0.2) is 30.9 Å². The van der Waals surface area contributed by atoms with Gasteiger partial charge in [0.05, 0.1) is 6.10 Å². The number of aliphatic hydroxyl groups is 1. The van der Waals surface area contributed by atoms with Crippen molar-refractivity contribution in [2.75, 3.05) is 21.0 Å². The summed E-state index contributed by atoms with van der Waals surface area (Å²) in [6.07, 6.45) is 1.27. The standard InChI is InChI=1S/C21H26O6/c1-5-8-20-10-16(24-3)18(22)21(25-4,19(20)23)17(12(20)2)13-6-7-14-15(9-13)27-11-26-14/h5-7,9,12,16-17,19,23H,1,8,10-11H2,2-4H3/t12-,16+,17+,19-,20-,21-/m1/s1. The van der Waals surface area contributed by atoms with Crippen LogP contribution in [0, 0.1) is 11.3 Å². The first-order valence-corrected chi connectivity index (χ1v) is 9.27. The zero-order chi connectivity index (χ0) is 19.4. The molecule has 0 aromatic heterocycles. The Morgan fingerprint density at radius 1 is 1.33 bits per heavy atom. The summed E-state index contributed by atoms with van der Waals surface area (Å²) in [6.45, 7) is 6.14. The second-order valence-electron chi connectivity index (χ2n) is 7.80. The normalized spacial score (nSPS) is 39.6. The molecule has 2 saturated carbocycles. The van der Waals surface area contributed by atoms with E-state index in [0.717, 1.165) is 5.56 Å². The number of hydrogen-bond acceptors (Lipinski definition) is 6. The fraction of sp³-hybridized carbons (Fsp3) is 0.571. The van der Waals surface area contributed by atoms with Crippen molar-refractivity contribution in [1.82, 2.24) is 0 Å². The van der Waals surface area contributed by atoms with E-state index in [0.29, 0.717) is 24.3 Å². The van der Waals surface area contributed by atoms with Crippen LogP contribution in [0.5, 0.6) is 11.5 Å². The Kier molecular flexibility index (Phi) is 4.33. The number of ketones is 1. The van der Waals surface area contributed by atoms with Gasteiger partial charge in [0, 0.05) is 25.6 Å². The molecule has 4 rings (SSSR count). The van der Waals surface area contributed by atoms with Crippen molar-refractivity contribution < 1.29 is 28.8 Å². The van der Waals surface area contributed by atoms with Crippen LogP contribution in [0.1, 0.15) is 31.2 Å². The number of methoxy groups -OCH3 is 2. The maximum absolute atomic E-state index is 13.4. The van der Waals surface area contributed by atoms with E-state index >= 15 is 0 Å². The molecule has 0 radical (unpaired) electrons. The third-order valence-corrected chi connectivity index (χ3v) is 6.97. The molecule has 6 atom stereocenters. The van der Waals surface area contributed by atoms with E-state index in [2.05, 4.69) is 13.5 Å². The molecule has 0 spiro atoms. The molecule has 2 bridgehead atoms. The molecule has 1 heterocycles. The smallest absolute Gasteiger partial charge is 0.231 e. The van der Waals surface area contributed by atoms with E-state index in [1.807, 2.05) is 24.3 Å². The van der Waals surface area contributed by atoms with E-state index < -0.39 is 23.2 Å². The van der Waals surface area contributed by atoms with Gasteiger partial charge in [-0.15, -0.1) is 6.58 Å². The van der Waals surface area contributed by atoms with E-state index in [9.17, 15) is 9.90 Å². The average Bonchev–Trinajstić information content (AvgIpc) is 3.18. The molecule has 0 amide bonds. The fourth-order valence-corrected chi connectivity index (χ4v) is 5.65. The molecule has 1 aliphatic heterocycles. The highest BCUT2D eigenvalue weighted by Gasteiger charge is 2.74. The fourth-order valence-electron chi connectivity index (χ4n) is 5.65. The van der Waals surface area contributed by atoms with E-state index in [4.69, 9.17) is 18.9 Å². The Hall–Kier alpha value is -1.89. The lowest BCUT2D eigenvalue weighted by Gasteiger charge is -2.46. The van der Waals surface area contributed by atoms with E-state index in [-0.39, 0.29) is 24.4 Å². The Balaban J connectivity index is 1.90. The lowest BCUT2D eigenvalue weighted by molar-refractivity contribution is -0.187. The van der Waals surface area contributed by atoms with Gasteiger partial charge in [-0.05, 0) is 36.5 Å². The summed E-state index contributed by atoms with van der Waals surface area (Å²) in [7, 11) is 3.03. The summed E-state index contributed by atoms with van der Waals surface area (Å²) in [4.78, 5) is 13.4. The number of rotatable bonds is 5. The summed E-state index contributed by atoms with van der Waals surface area (Å²) in [5.74, 6) is 0.762. The molecule has 0 saturated heterocycles. The quantitative estimate of drug-likeness (QED) is 0.798. The van der Waals surface area contributed by atoms with Crippen molar-refractivity contribution in [1.29, 1.82) is 0 Å². The van der Waals surface area contributed by atoms with Crippen molar-refractivity contribution in [2.45, 2.75) is 43.5 Å². The molecular formula is C21H26O6. The maximum atomic E-state index is 13.4. The molecule has 6 heteroatoms. The number of fused-ring (bicyclic) bond motifs is 3. The van der Waals surface area contributed by atoms with E-state index in [1.54, 1.807) is 0 Å². The van der Waals surface area contributed by atoms with Gasteiger partial charge in [-0.25, -0.2) is 0 Å². The summed E-state index contributed by atoms with van der Waals surface area (Å²) >= 11 is 0. The number of carbonyl (C=O) groups excluding carboxylic acids is 1. The van der Waals surface area contributed by atoms with Crippen LogP contribution in [0.25, 0.3) is 0 Å². The summed E-state index contributed by atoms with van der Waals surface area (Å²) < 4.78 is 22.3. The highest BCUT2D eigenvalue weighted by atomic mass is 16.7. The summed E-state index contributed by atoms with van der Waals surface area (Å²) in [6, 6.07) is 5.68. The van der Waals surface area contributed by atoms with Gasteiger partial charge in [0.1, 0.15) is 6.10 Å². The van der Waals surface area contributed by atoms with Gasteiger partial charge >= 0.3 is 0 Å². The minimum Gasteiger partial charge on any atom is -0.454 e. The monoisotopic (exact) mass is 374 g/mol. The Bertz CT molecular complexity index is 776. The maximum Gasteiger partial charge on any atom is 0.231 e. The van der Waals surface area contributed by atoms with Gasteiger partial charge in [-0.2, -0.15) is 0 Å². The third kappa shape index (κ3) is 2.21. The molecule has 2 fully saturated rings. The average molecular weight is 374 g/mol. The Morgan fingerprint density at radius 3 is 2.74 bits per heavy atom. The first-order chi connectivity index (χ1) is 13.0. The predicted octanol–water partition coefficient (Wildman–Crippen LogP) is 2.45. The minimum absolute atomic E-state index is 0.0325. The largest absolute Gasteiger partial charge is 0.454 e. The van der Waals surface area contributed by atoms with Crippen LogP contribution < -0.4 is 9.47 Å². The van der Waals surface area contributed by atoms with Crippen molar-refractivity contribution in [3.8, 4) is 11.5 Å². The Morgan fingerprint density at radius 2 is 2.07 bits per heavy atom. The number of hydrogen-bond donors (Lipinski definition) is 1. The molecular weight excluding hydrogens is 348 g/mol. The van der Waals surface area contributed by atoms with Crippen LogP contribution >= 0.6 is 0 Å². The lowest BCUT2D eigenvalue weighted by atomic mass is 9.65. The SMILES string of the molecule is C=CC[C@@]12C[C@H](OC)C(=O)[C@](OC)([C@H](c3ccc4c(c3)OCO4)[C@H]1C)[C@@H]2O. The number of Topliss-reactive ketones (excluding diaryl/α,β-unsaturated/α-hetero) is 1. The highest BCUT2D eigenvalue weighted by Crippen LogP contribution is 2.65. The first kappa shape index (κ1) is 18.5. The van der Waals surface area contributed by atoms with Crippen molar-refractivity contribution in [3.05, 3.63) is 36.4 Å². The number of ether oxygens (including phenoxy) is 4. The molecule has 1 aromatic rings. The summed E-state index contributed by atoms with van der Waals surface area (Å²) in [5, 5.41) is 11.4. The van der Waals surface area contributed by atoms with Gasteiger partial charge in [0.25, 0.3) is 0 Å². The topological polar surface area (TPSA) is 74.2 Å². The third-order valence-electron chi connectivity index (χ3n) is 6.97. The van der Waals surface area contributed by atoms with Gasteiger partial charge in [-0.1, -0.05) is 19.1 Å². The zero-order valence-corrected chi connectivity index (χ0v) is 15.9. The van der Waals surface area contributed by atoms with Gasteiger partial charge < -0.3 is 24.1 Å². The number of aliphatic hydroxyl groups excluding tert-OH is 1. The minimum atomic E-state index is -1.37. The van der Waals surface area contributed by atoms with Gasteiger partial charge in [0.15, 0.2) is 22.9 Å². The predicted molar refractivity (Wildman–Crippen MR) is 97.9 cm³/mol. The number of allylic oxidation sites excluding steroid dienone is 1. The molecule has 6 nitrogen and oxygen atoms in total. The van der Waals surface area contributed by atoms with E-state index in [1.165, 1.54) is 14.2 Å². The second-order valence-corrected chi connectivity index (χ2v) is 7.80. The molecule has 146 valence electrons. The number of carbonyl (C=O) groups is 1. The van der Waals surface area contributed by atoms with Crippen molar-refractivity contribution >= 4 is 5.78 Å².